The van der Waals surface area contributed by atoms with Crippen molar-refractivity contribution in [3.8, 4) is 23.6 Å². The second kappa shape index (κ2) is 8.81. The lowest BCUT2D eigenvalue weighted by molar-refractivity contribution is -0.136. The van der Waals surface area contributed by atoms with Crippen molar-refractivity contribution < 1.29 is 9.18 Å². The van der Waals surface area contributed by atoms with Crippen LogP contribution in [-0.4, -0.2) is 42.9 Å². The molecule has 4 heterocycles. The summed E-state index contributed by atoms with van der Waals surface area (Å²) >= 11 is 0. The number of carbonyl (C=O) groups is 1. The maximum Gasteiger partial charge on any atom is 0.226 e. The first-order chi connectivity index (χ1) is 16.8. The number of hydrogen-bond donors (Lipinski definition) is 1. The fraction of sp³-hybridized carbons (Fsp3) is 0.407. The molecule has 3 aromatic heterocycles. The van der Waals surface area contributed by atoms with Gasteiger partial charge in [-0.25, -0.2) is 15.0 Å². The monoisotopic (exact) mass is 472 g/mol. The van der Waals surface area contributed by atoms with E-state index in [1.54, 1.807) is 6.07 Å². The third-order valence-electron chi connectivity index (χ3n) is 7.47. The third-order valence-corrected chi connectivity index (χ3v) is 7.47. The van der Waals surface area contributed by atoms with Crippen LogP contribution in [0.5, 0.6) is 0 Å². The highest BCUT2D eigenvalue weighted by Crippen LogP contribution is 2.44. The zero-order chi connectivity index (χ0) is 24.9. The summed E-state index contributed by atoms with van der Waals surface area (Å²) in [5, 5.41) is 0.689. The molecule has 0 unspecified atom stereocenters. The minimum atomic E-state index is -0.635. The number of carbonyl (C=O) groups excluding carboxylic acids is 1. The zero-order valence-electron chi connectivity index (χ0n) is 20.3. The molecule has 180 valence electrons. The van der Waals surface area contributed by atoms with E-state index in [-0.39, 0.29) is 17.5 Å². The average Bonchev–Trinajstić information content (AvgIpc) is 3.40. The third kappa shape index (κ3) is 3.75. The minimum absolute atomic E-state index is 0.0404. The second-order valence-electron chi connectivity index (χ2n) is 9.60. The average molecular weight is 473 g/mol. The van der Waals surface area contributed by atoms with E-state index in [0.29, 0.717) is 52.6 Å². The summed E-state index contributed by atoms with van der Waals surface area (Å²) in [7, 11) is 1.84. The lowest BCUT2D eigenvalue weighted by atomic mass is 9.84. The van der Waals surface area contributed by atoms with Crippen molar-refractivity contribution in [2.45, 2.75) is 52.0 Å². The van der Waals surface area contributed by atoms with E-state index < -0.39 is 5.95 Å². The molecule has 1 amide bonds. The highest BCUT2D eigenvalue weighted by molar-refractivity contribution is 6.04. The normalized spacial score (nSPS) is 20.2. The lowest BCUT2D eigenvalue weighted by Crippen LogP contribution is -2.38. The van der Waals surface area contributed by atoms with E-state index in [2.05, 4.69) is 33.9 Å². The van der Waals surface area contributed by atoms with Gasteiger partial charge in [0.1, 0.15) is 23.5 Å². The van der Waals surface area contributed by atoms with Crippen molar-refractivity contribution in [2.24, 2.45) is 13.0 Å². The quantitative estimate of drug-likeness (QED) is 0.455. The molecule has 0 aromatic carbocycles. The van der Waals surface area contributed by atoms with Crippen molar-refractivity contribution >= 4 is 28.3 Å². The molecule has 2 atom stereocenters. The predicted octanol–water partition coefficient (Wildman–Crippen LogP) is 4.24. The summed E-state index contributed by atoms with van der Waals surface area (Å²) in [6.07, 6.45) is 13.2. The van der Waals surface area contributed by atoms with Crippen LogP contribution < -0.4 is 5.73 Å². The van der Waals surface area contributed by atoms with Crippen LogP contribution in [0, 0.1) is 31.1 Å². The Hall–Kier alpha value is -3.73. The zero-order valence-corrected chi connectivity index (χ0v) is 20.3. The first-order valence-electron chi connectivity index (χ1n) is 12.0. The SMILES string of the molecule is C#Cc1cc(C)c(-c2c(C3=CC[C@H](C(=O)N4CCC[C@H]4C)CC3)c3c(N)ncnc3n2C)c(F)n1. The molecule has 5 rings (SSSR count). The summed E-state index contributed by atoms with van der Waals surface area (Å²) < 4.78 is 17.2. The van der Waals surface area contributed by atoms with Crippen LogP contribution in [-0.2, 0) is 11.8 Å². The number of amides is 1. The number of nitrogens with zero attached hydrogens (tertiary/aromatic N) is 5. The van der Waals surface area contributed by atoms with E-state index in [1.807, 2.05) is 23.4 Å². The summed E-state index contributed by atoms with van der Waals surface area (Å²) in [4.78, 5) is 27.8. The lowest BCUT2D eigenvalue weighted by Gasteiger charge is -2.29. The van der Waals surface area contributed by atoms with Crippen LogP contribution in [0.2, 0.25) is 0 Å². The number of fused-ring (bicyclic) bond motifs is 1. The van der Waals surface area contributed by atoms with Gasteiger partial charge in [0.05, 0.1) is 16.6 Å². The predicted molar refractivity (Wildman–Crippen MR) is 135 cm³/mol. The molecule has 7 nitrogen and oxygen atoms in total. The van der Waals surface area contributed by atoms with E-state index in [0.717, 1.165) is 36.9 Å². The number of terminal acetylenes is 1. The number of nitrogen functional groups attached to an aromatic ring is 1. The highest BCUT2D eigenvalue weighted by atomic mass is 19.1. The molecule has 1 fully saturated rings. The van der Waals surface area contributed by atoms with Crippen LogP contribution in [0.15, 0.2) is 18.5 Å². The maximum atomic E-state index is 15.4. The van der Waals surface area contributed by atoms with E-state index >= 15 is 4.39 Å². The second-order valence-corrected chi connectivity index (χ2v) is 9.60. The molecule has 0 bridgehead atoms. The van der Waals surface area contributed by atoms with Crippen LogP contribution in [0.4, 0.5) is 10.2 Å². The van der Waals surface area contributed by atoms with Crippen LogP contribution >= 0.6 is 0 Å². The molecule has 0 saturated carbocycles. The van der Waals surface area contributed by atoms with Crippen molar-refractivity contribution in [3.63, 3.8) is 0 Å². The number of allylic oxidation sites excluding steroid dienone is 2. The van der Waals surface area contributed by atoms with Gasteiger partial charge in [-0.3, -0.25) is 4.79 Å². The molecule has 8 heteroatoms. The molecule has 1 saturated heterocycles. The van der Waals surface area contributed by atoms with Gasteiger partial charge in [-0.2, -0.15) is 4.39 Å². The molecule has 2 N–H and O–H groups in total. The topological polar surface area (TPSA) is 89.9 Å². The Morgan fingerprint density at radius 3 is 2.71 bits per heavy atom. The van der Waals surface area contributed by atoms with Gasteiger partial charge in [-0.1, -0.05) is 12.0 Å². The van der Waals surface area contributed by atoms with Crippen LogP contribution in [0.25, 0.3) is 27.9 Å². The number of rotatable bonds is 3. The number of halogens is 1. The standard InChI is InChI=1S/C27H29FN6O/c1-5-19-13-15(2)20(24(28)32-19)23-21(22-25(29)30-14-31-26(22)33(23)4)17-8-10-18(11-9-17)27(35)34-12-6-7-16(34)3/h1,8,13-14,16,18H,6-7,9-12H2,2-4H3,(H2,29,30,31)/t16-,18+/m1/s1. The Morgan fingerprint density at radius 1 is 1.29 bits per heavy atom. The molecule has 0 radical (unpaired) electrons. The van der Waals surface area contributed by atoms with Crippen molar-refractivity contribution in [2.75, 3.05) is 12.3 Å². The van der Waals surface area contributed by atoms with Gasteiger partial charge in [0.25, 0.3) is 0 Å². The molecular weight excluding hydrogens is 443 g/mol. The Bertz CT molecular complexity index is 1390. The first kappa shape index (κ1) is 23.0. The van der Waals surface area contributed by atoms with Crippen LogP contribution in [0.1, 0.15) is 55.8 Å². The fourth-order valence-electron chi connectivity index (χ4n) is 5.65. The van der Waals surface area contributed by atoms with Crippen molar-refractivity contribution in [1.29, 1.82) is 0 Å². The summed E-state index contributed by atoms with van der Waals surface area (Å²) in [5.41, 5.74) is 10.7. The molecule has 1 aliphatic heterocycles. The maximum absolute atomic E-state index is 15.4. The first-order valence-corrected chi connectivity index (χ1v) is 12.0. The number of hydrogen-bond acceptors (Lipinski definition) is 5. The van der Waals surface area contributed by atoms with Gasteiger partial charge in [0.15, 0.2) is 0 Å². The van der Waals surface area contributed by atoms with Gasteiger partial charge < -0.3 is 15.2 Å². The molecule has 3 aromatic rings. The van der Waals surface area contributed by atoms with Gasteiger partial charge in [0, 0.05) is 31.1 Å². The summed E-state index contributed by atoms with van der Waals surface area (Å²) in [5.74, 6) is 2.31. The Balaban J connectivity index is 1.63. The Morgan fingerprint density at radius 2 is 2.09 bits per heavy atom. The van der Waals surface area contributed by atoms with Crippen LogP contribution in [0.3, 0.4) is 0 Å². The highest BCUT2D eigenvalue weighted by Gasteiger charge is 2.33. The fourth-order valence-corrected chi connectivity index (χ4v) is 5.65. The van der Waals surface area contributed by atoms with Crippen molar-refractivity contribution in [1.82, 2.24) is 24.4 Å². The minimum Gasteiger partial charge on any atom is -0.383 e. The summed E-state index contributed by atoms with van der Waals surface area (Å²) in [6, 6.07) is 2.01. The molecule has 0 spiro atoms. The van der Waals surface area contributed by atoms with E-state index in [9.17, 15) is 4.79 Å². The molecule has 2 aliphatic rings. The van der Waals surface area contributed by atoms with Gasteiger partial charge in [0.2, 0.25) is 11.9 Å². The Kier molecular flexibility index (Phi) is 5.79. The van der Waals surface area contributed by atoms with Gasteiger partial charge in [-0.15, -0.1) is 6.42 Å². The van der Waals surface area contributed by atoms with E-state index in [4.69, 9.17) is 12.2 Å². The number of likely N-dealkylation sites (tertiary alicyclic amines) is 1. The summed E-state index contributed by atoms with van der Waals surface area (Å²) in [6.45, 7) is 4.78. The number of aromatic nitrogens is 4. The number of pyridine rings is 1. The molecule has 35 heavy (non-hydrogen) atoms. The largest absolute Gasteiger partial charge is 0.383 e. The number of anilines is 1. The number of aryl methyl sites for hydroxylation is 2. The van der Waals surface area contributed by atoms with E-state index in [1.165, 1.54) is 6.33 Å². The Labute approximate surface area is 204 Å². The molecular formula is C27H29FN6O. The molecule has 1 aliphatic carbocycles. The number of nitrogens with two attached hydrogens (primary N) is 1. The smallest absolute Gasteiger partial charge is 0.226 e. The van der Waals surface area contributed by atoms with Gasteiger partial charge in [-0.05, 0) is 63.2 Å². The van der Waals surface area contributed by atoms with Crippen molar-refractivity contribution in [3.05, 3.63) is 41.2 Å². The van der Waals surface area contributed by atoms with Gasteiger partial charge >= 0.3 is 0 Å².